The Labute approximate surface area is 213 Å². The van der Waals surface area contributed by atoms with E-state index in [9.17, 15) is 19.6 Å². The number of nitrogens with zero attached hydrogens (tertiary/aromatic N) is 3. The molecule has 11 heteroatoms. The maximum absolute atomic E-state index is 12.8. The Balaban J connectivity index is 1.64. The molecule has 0 unspecified atom stereocenters. The predicted molar refractivity (Wildman–Crippen MR) is 138 cm³/mol. The van der Waals surface area contributed by atoms with E-state index in [0.29, 0.717) is 28.9 Å². The van der Waals surface area contributed by atoms with Crippen LogP contribution in [0.15, 0.2) is 29.1 Å². The summed E-state index contributed by atoms with van der Waals surface area (Å²) >= 11 is 1.04. The molecule has 2 heterocycles. The fourth-order valence-corrected chi connectivity index (χ4v) is 4.75. The van der Waals surface area contributed by atoms with Gasteiger partial charge in [0.25, 0.3) is 11.5 Å². The van der Waals surface area contributed by atoms with Crippen molar-refractivity contribution in [2.24, 2.45) is 0 Å². The van der Waals surface area contributed by atoms with Crippen LogP contribution in [0, 0.1) is 11.3 Å². The monoisotopic (exact) mass is 513 g/mol. The van der Waals surface area contributed by atoms with Crippen LogP contribution in [0.2, 0.25) is 0 Å². The molecule has 2 N–H and O–H groups in total. The van der Waals surface area contributed by atoms with Gasteiger partial charge in [-0.05, 0) is 51.1 Å². The van der Waals surface area contributed by atoms with E-state index in [1.54, 1.807) is 38.1 Å². The van der Waals surface area contributed by atoms with Crippen molar-refractivity contribution in [3.05, 3.63) is 49.4 Å². The van der Waals surface area contributed by atoms with Crippen LogP contribution in [0.5, 0.6) is 0 Å². The molecule has 0 spiro atoms. The summed E-state index contributed by atoms with van der Waals surface area (Å²) in [7, 11) is 0. The van der Waals surface area contributed by atoms with Crippen molar-refractivity contribution in [3.63, 3.8) is 0 Å². The topological polar surface area (TPSA) is 126 Å². The Morgan fingerprint density at radius 2 is 1.94 bits per heavy atom. The molecule has 1 aliphatic heterocycles. The Kier molecular flexibility index (Phi) is 10.2. The van der Waals surface area contributed by atoms with Crippen molar-refractivity contribution in [2.45, 2.75) is 26.8 Å². The van der Waals surface area contributed by atoms with Crippen LogP contribution in [0.3, 0.4) is 0 Å². The third-order valence-corrected chi connectivity index (χ3v) is 6.72. The van der Waals surface area contributed by atoms with E-state index in [2.05, 4.69) is 15.5 Å². The van der Waals surface area contributed by atoms with Crippen molar-refractivity contribution in [3.8, 4) is 6.07 Å². The summed E-state index contributed by atoms with van der Waals surface area (Å²) in [6, 6.07) is 8.77. The minimum atomic E-state index is -0.752. The molecule has 1 aliphatic rings. The minimum absolute atomic E-state index is 0.134. The molecular formula is C25H31N5O5S. The highest BCUT2D eigenvalue weighted by Gasteiger charge is 2.16. The van der Waals surface area contributed by atoms with Crippen molar-refractivity contribution < 1.29 is 19.1 Å². The third-order valence-electron chi connectivity index (χ3n) is 5.59. The van der Waals surface area contributed by atoms with Gasteiger partial charge in [0.1, 0.15) is 15.3 Å². The molecule has 0 saturated carbocycles. The van der Waals surface area contributed by atoms with Gasteiger partial charge >= 0.3 is 5.97 Å². The Morgan fingerprint density at radius 3 is 2.58 bits per heavy atom. The molecule has 0 aliphatic carbocycles. The molecule has 1 fully saturated rings. The molecule has 1 amide bonds. The number of nitriles is 1. The Morgan fingerprint density at radius 1 is 1.22 bits per heavy atom. The number of hydrogen-bond acceptors (Lipinski definition) is 9. The number of amides is 1. The zero-order valence-electron chi connectivity index (χ0n) is 20.5. The number of carbonyl (C=O) groups is 2. The number of anilines is 1. The highest BCUT2D eigenvalue weighted by Crippen LogP contribution is 2.09. The lowest BCUT2D eigenvalue weighted by molar-refractivity contribution is -0.136. The normalized spacial score (nSPS) is 15.2. The highest BCUT2D eigenvalue weighted by atomic mass is 32.1. The lowest BCUT2D eigenvalue weighted by Gasteiger charge is -2.26. The first kappa shape index (κ1) is 27.1. The molecule has 2 aromatic rings. The Bertz CT molecular complexity index is 1270. The van der Waals surface area contributed by atoms with E-state index in [1.165, 1.54) is 10.8 Å². The predicted octanol–water partition coefficient (Wildman–Crippen LogP) is 0.469. The second-order valence-corrected chi connectivity index (χ2v) is 8.99. The quantitative estimate of drug-likeness (QED) is 0.347. The van der Waals surface area contributed by atoms with Crippen LogP contribution in [-0.4, -0.2) is 67.3 Å². The number of rotatable bonds is 10. The summed E-state index contributed by atoms with van der Waals surface area (Å²) in [5.74, 6) is -0.891. The summed E-state index contributed by atoms with van der Waals surface area (Å²) in [6.07, 6.45) is 2.41. The van der Waals surface area contributed by atoms with Crippen LogP contribution in [0.4, 0.5) is 5.69 Å². The largest absolute Gasteiger partial charge is 0.462 e. The van der Waals surface area contributed by atoms with Crippen molar-refractivity contribution in [1.82, 2.24) is 14.8 Å². The number of esters is 1. The zero-order valence-corrected chi connectivity index (χ0v) is 21.4. The first-order valence-electron chi connectivity index (χ1n) is 11.9. The third kappa shape index (κ3) is 7.04. The molecule has 0 atom stereocenters. The number of morpholine rings is 1. The van der Waals surface area contributed by atoms with Gasteiger partial charge in [0.15, 0.2) is 5.57 Å². The molecule has 1 saturated heterocycles. The molecule has 3 rings (SSSR count). The SMILES string of the molecule is CCOC(=O)/C(C#N)=c1\s/c(=C/Nc2ccc(C(=O)NCCCN3CCOCC3)cc2)c(=O)n1CC. The van der Waals surface area contributed by atoms with E-state index in [1.807, 2.05) is 6.07 Å². The summed E-state index contributed by atoms with van der Waals surface area (Å²) in [6.45, 7) is 8.78. The summed E-state index contributed by atoms with van der Waals surface area (Å²) in [4.78, 5) is 39.7. The van der Waals surface area contributed by atoms with Crippen LogP contribution in [-0.2, 0) is 20.8 Å². The molecule has 0 radical (unpaired) electrons. The van der Waals surface area contributed by atoms with Crippen molar-refractivity contribution in [1.29, 1.82) is 5.26 Å². The molecule has 10 nitrogen and oxygen atoms in total. The van der Waals surface area contributed by atoms with Gasteiger partial charge in [0.05, 0.1) is 19.8 Å². The first-order chi connectivity index (χ1) is 17.5. The fourth-order valence-electron chi connectivity index (χ4n) is 3.67. The lowest BCUT2D eigenvalue weighted by Crippen LogP contribution is -2.38. The number of thiazole rings is 1. The van der Waals surface area contributed by atoms with E-state index in [-0.39, 0.29) is 28.3 Å². The van der Waals surface area contributed by atoms with Gasteiger partial charge in [-0.15, -0.1) is 11.3 Å². The highest BCUT2D eigenvalue weighted by molar-refractivity contribution is 7.07. The average molecular weight is 514 g/mol. The summed E-state index contributed by atoms with van der Waals surface area (Å²) in [5.41, 5.74) is 0.725. The number of benzene rings is 1. The molecule has 0 bridgehead atoms. The molecule has 1 aromatic carbocycles. The van der Waals surface area contributed by atoms with Crippen molar-refractivity contribution in [2.75, 3.05) is 51.3 Å². The molecule has 1 aromatic heterocycles. The number of ether oxygens (including phenoxy) is 2. The van der Waals surface area contributed by atoms with Crippen LogP contribution < -0.4 is 25.4 Å². The van der Waals surface area contributed by atoms with Gasteiger partial charge in [0, 0.05) is 43.6 Å². The van der Waals surface area contributed by atoms with Gasteiger partial charge in [-0.2, -0.15) is 5.26 Å². The number of carbonyl (C=O) groups excluding carboxylic acids is 2. The smallest absolute Gasteiger partial charge is 0.351 e. The van der Waals surface area contributed by atoms with Gasteiger partial charge < -0.3 is 20.1 Å². The van der Waals surface area contributed by atoms with Gasteiger partial charge in [0.2, 0.25) is 0 Å². The molecule has 36 heavy (non-hydrogen) atoms. The van der Waals surface area contributed by atoms with E-state index < -0.39 is 5.97 Å². The molecular weight excluding hydrogens is 482 g/mol. The number of nitrogens with one attached hydrogen (secondary N) is 2. The second kappa shape index (κ2) is 13.6. The van der Waals surface area contributed by atoms with Gasteiger partial charge in [-0.3, -0.25) is 19.1 Å². The Hall–Kier alpha value is -3.46. The van der Waals surface area contributed by atoms with Gasteiger partial charge in [-0.1, -0.05) is 0 Å². The van der Waals surface area contributed by atoms with E-state index in [4.69, 9.17) is 9.47 Å². The van der Waals surface area contributed by atoms with E-state index >= 15 is 0 Å². The maximum atomic E-state index is 12.8. The maximum Gasteiger partial charge on any atom is 0.351 e. The minimum Gasteiger partial charge on any atom is -0.462 e. The summed E-state index contributed by atoms with van der Waals surface area (Å²) < 4.78 is 12.3. The lowest BCUT2D eigenvalue weighted by atomic mass is 10.2. The number of hydrogen-bond donors (Lipinski definition) is 2. The van der Waals surface area contributed by atoms with Gasteiger partial charge in [-0.25, -0.2) is 4.79 Å². The number of aromatic nitrogens is 1. The summed E-state index contributed by atoms with van der Waals surface area (Å²) in [5, 5.41) is 15.4. The molecule has 192 valence electrons. The second-order valence-electron chi connectivity index (χ2n) is 7.96. The first-order valence-corrected chi connectivity index (χ1v) is 12.8. The van der Waals surface area contributed by atoms with E-state index in [0.717, 1.165) is 50.6 Å². The standard InChI is InChI=1S/C25H31N5O5S/c1-3-30-23(32)21(36-24(30)20(16-26)25(33)35-4-2)17-28-19-8-6-18(7-9-19)22(31)27-10-5-11-29-12-14-34-15-13-29/h6-9,17,28H,3-5,10-15H2,1-2H3,(H,27,31)/b21-17+,24-20-. The van der Waals surface area contributed by atoms with Crippen LogP contribution in [0.1, 0.15) is 30.6 Å². The average Bonchev–Trinajstić information content (AvgIpc) is 3.21. The van der Waals surface area contributed by atoms with Crippen LogP contribution in [0.25, 0.3) is 11.8 Å². The van der Waals surface area contributed by atoms with Crippen molar-refractivity contribution >= 4 is 40.7 Å². The zero-order chi connectivity index (χ0) is 25.9. The fraction of sp³-hybridized carbons (Fsp3) is 0.440. The van der Waals surface area contributed by atoms with Crippen LogP contribution >= 0.6 is 11.3 Å².